The fourth-order valence-electron chi connectivity index (χ4n) is 3.21. The van der Waals surface area contributed by atoms with Gasteiger partial charge in [0.2, 0.25) is 0 Å². The number of hydrogen-bond donors (Lipinski definition) is 0. The van der Waals surface area contributed by atoms with Crippen molar-refractivity contribution in [2.24, 2.45) is 0 Å². The molecule has 2 aliphatic rings. The second-order valence-corrected chi connectivity index (χ2v) is 8.29. The number of anilines is 1. The molecule has 0 unspecified atom stereocenters. The molecule has 28 heavy (non-hydrogen) atoms. The van der Waals surface area contributed by atoms with Crippen molar-refractivity contribution in [3.63, 3.8) is 0 Å². The molecule has 2 saturated heterocycles. The Hall–Kier alpha value is -1.96. The summed E-state index contributed by atoms with van der Waals surface area (Å²) in [6.07, 6.45) is -4.69. The van der Waals surface area contributed by atoms with Crippen LogP contribution in [0.2, 0.25) is 0 Å². The van der Waals surface area contributed by atoms with Crippen LogP contribution in [0.1, 0.15) is 5.56 Å². The first-order valence-corrected chi connectivity index (χ1v) is 9.94. The van der Waals surface area contributed by atoms with Gasteiger partial charge in [0.15, 0.2) is 0 Å². The summed E-state index contributed by atoms with van der Waals surface area (Å²) in [6.45, 7) is 1.58. The molecule has 0 bridgehead atoms. The van der Waals surface area contributed by atoms with Crippen molar-refractivity contribution in [3.8, 4) is 0 Å². The number of nitrogens with zero attached hydrogens (tertiary/aromatic N) is 4. The van der Waals surface area contributed by atoms with Gasteiger partial charge < -0.3 is 9.64 Å². The minimum atomic E-state index is -4.69. The first-order chi connectivity index (χ1) is 13.1. The van der Waals surface area contributed by atoms with E-state index in [1.807, 2.05) is 0 Å². The number of rotatable bonds is 4. The molecule has 9 nitrogen and oxygen atoms in total. The van der Waals surface area contributed by atoms with E-state index in [4.69, 9.17) is 4.74 Å². The third-order valence-corrected chi connectivity index (χ3v) is 6.74. The first-order valence-electron chi connectivity index (χ1n) is 8.54. The Bertz CT molecular complexity index is 835. The number of morpholine rings is 1. The van der Waals surface area contributed by atoms with Crippen molar-refractivity contribution in [1.29, 1.82) is 0 Å². The number of nitro groups is 1. The molecule has 0 aliphatic carbocycles. The molecule has 1 aromatic rings. The third kappa shape index (κ3) is 4.21. The lowest BCUT2D eigenvalue weighted by Gasteiger charge is -2.38. The zero-order chi connectivity index (χ0) is 20.5. The van der Waals surface area contributed by atoms with Gasteiger partial charge in [0.1, 0.15) is 5.69 Å². The Morgan fingerprint density at radius 2 is 1.57 bits per heavy atom. The third-order valence-electron chi connectivity index (χ3n) is 4.70. The monoisotopic (exact) mass is 424 g/mol. The highest BCUT2D eigenvalue weighted by atomic mass is 32.2. The fourth-order valence-corrected chi connectivity index (χ4v) is 4.78. The molecule has 0 amide bonds. The molecule has 13 heteroatoms. The summed E-state index contributed by atoms with van der Waals surface area (Å²) in [6, 6.07) is 2.36. The molecule has 0 saturated carbocycles. The van der Waals surface area contributed by atoms with Crippen molar-refractivity contribution < 1.29 is 31.2 Å². The fraction of sp³-hybridized carbons (Fsp3) is 0.600. The van der Waals surface area contributed by atoms with Gasteiger partial charge in [-0.2, -0.15) is 30.2 Å². The van der Waals surface area contributed by atoms with Crippen LogP contribution < -0.4 is 4.90 Å². The molecule has 0 radical (unpaired) electrons. The smallest absolute Gasteiger partial charge is 0.379 e. The highest BCUT2D eigenvalue weighted by molar-refractivity contribution is 7.86. The molecule has 0 aromatic heterocycles. The molecule has 2 aliphatic heterocycles. The van der Waals surface area contributed by atoms with Crippen LogP contribution in [0.25, 0.3) is 0 Å². The maximum absolute atomic E-state index is 12.8. The highest BCUT2D eigenvalue weighted by Crippen LogP contribution is 2.36. The van der Waals surface area contributed by atoms with E-state index in [9.17, 15) is 31.7 Å². The molecule has 156 valence electrons. The van der Waals surface area contributed by atoms with Crippen molar-refractivity contribution in [2.75, 3.05) is 57.4 Å². The standard InChI is InChI=1S/C15H19F3N4O5S/c16-15(17,18)12-1-2-13(14(11-12)22(23)24)19-3-5-20(6-4-19)28(25,26)21-7-9-27-10-8-21/h1-2,11H,3-10H2. The zero-order valence-electron chi connectivity index (χ0n) is 14.8. The Labute approximate surface area is 159 Å². The topological polar surface area (TPSA) is 96.2 Å². The molecule has 2 fully saturated rings. The molecule has 0 atom stereocenters. The summed E-state index contributed by atoms with van der Waals surface area (Å²) in [5.74, 6) is 0. The van der Waals surface area contributed by atoms with Crippen LogP contribution in [0.15, 0.2) is 18.2 Å². The van der Waals surface area contributed by atoms with Gasteiger partial charge in [-0.1, -0.05) is 0 Å². The summed E-state index contributed by atoms with van der Waals surface area (Å²) in [5, 5.41) is 11.3. The maximum atomic E-state index is 12.8. The van der Waals surface area contributed by atoms with Crippen LogP contribution >= 0.6 is 0 Å². The average Bonchev–Trinajstić information content (AvgIpc) is 2.67. The molecule has 0 N–H and O–H groups in total. The van der Waals surface area contributed by atoms with Crippen molar-refractivity contribution in [2.45, 2.75) is 6.18 Å². The number of benzene rings is 1. The molecular formula is C15H19F3N4O5S. The van der Waals surface area contributed by atoms with E-state index in [0.29, 0.717) is 19.3 Å². The summed E-state index contributed by atoms with van der Waals surface area (Å²) in [4.78, 5) is 11.9. The van der Waals surface area contributed by atoms with E-state index in [1.54, 1.807) is 0 Å². The predicted molar refractivity (Wildman–Crippen MR) is 93.2 cm³/mol. The van der Waals surface area contributed by atoms with E-state index in [2.05, 4.69) is 0 Å². The summed E-state index contributed by atoms with van der Waals surface area (Å²) in [7, 11) is -3.67. The van der Waals surface area contributed by atoms with E-state index >= 15 is 0 Å². The summed E-state index contributed by atoms with van der Waals surface area (Å²) >= 11 is 0. The van der Waals surface area contributed by atoms with Gasteiger partial charge in [-0.05, 0) is 12.1 Å². The van der Waals surface area contributed by atoms with Crippen molar-refractivity contribution in [1.82, 2.24) is 8.61 Å². The van der Waals surface area contributed by atoms with Gasteiger partial charge in [-0.25, -0.2) is 0 Å². The van der Waals surface area contributed by atoms with Gasteiger partial charge in [0.25, 0.3) is 15.9 Å². The zero-order valence-corrected chi connectivity index (χ0v) is 15.6. The first kappa shape index (κ1) is 20.8. The number of piperazine rings is 1. The predicted octanol–water partition coefficient (Wildman–Crippen LogP) is 1.31. The largest absolute Gasteiger partial charge is 0.416 e. The molecular weight excluding hydrogens is 405 g/mol. The Kier molecular flexibility index (Phi) is 5.79. The number of alkyl halides is 3. The van der Waals surface area contributed by atoms with Crippen LogP contribution in [0.4, 0.5) is 24.5 Å². The normalized spacial score (nSPS) is 20.3. The van der Waals surface area contributed by atoms with Crippen LogP contribution in [0.3, 0.4) is 0 Å². The van der Waals surface area contributed by atoms with Crippen LogP contribution in [0.5, 0.6) is 0 Å². The van der Waals surface area contributed by atoms with E-state index in [-0.39, 0.29) is 45.0 Å². The van der Waals surface area contributed by atoms with Crippen LogP contribution in [0, 0.1) is 10.1 Å². The average molecular weight is 424 g/mol. The minimum absolute atomic E-state index is 0.0430. The molecule has 0 spiro atoms. The van der Waals surface area contributed by atoms with Crippen molar-refractivity contribution >= 4 is 21.6 Å². The Morgan fingerprint density at radius 1 is 1.00 bits per heavy atom. The van der Waals surface area contributed by atoms with Gasteiger partial charge in [0, 0.05) is 45.3 Å². The quantitative estimate of drug-likeness (QED) is 0.534. The van der Waals surface area contributed by atoms with E-state index < -0.39 is 32.6 Å². The SMILES string of the molecule is O=[N+]([O-])c1cc(C(F)(F)F)ccc1N1CCN(S(=O)(=O)N2CCOCC2)CC1. The lowest BCUT2D eigenvalue weighted by molar-refractivity contribution is -0.384. The number of ether oxygens (including phenoxy) is 1. The second-order valence-electron chi connectivity index (χ2n) is 6.36. The molecule has 1 aromatic carbocycles. The minimum Gasteiger partial charge on any atom is -0.379 e. The Balaban J connectivity index is 1.75. The molecule has 2 heterocycles. The highest BCUT2D eigenvalue weighted by Gasteiger charge is 2.36. The van der Waals surface area contributed by atoms with Gasteiger partial charge >= 0.3 is 6.18 Å². The van der Waals surface area contributed by atoms with Gasteiger partial charge in [-0.3, -0.25) is 10.1 Å². The van der Waals surface area contributed by atoms with E-state index in [0.717, 1.165) is 12.1 Å². The second kappa shape index (κ2) is 7.81. The molecule has 3 rings (SSSR count). The van der Waals surface area contributed by atoms with Gasteiger partial charge in [-0.15, -0.1) is 0 Å². The van der Waals surface area contributed by atoms with Crippen LogP contribution in [-0.2, 0) is 21.1 Å². The number of nitro benzene ring substituents is 1. The van der Waals surface area contributed by atoms with E-state index in [1.165, 1.54) is 13.5 Å². The van der Waals surface area contributed by atoms with Gasteiger partial charge in [0.05, 0.1) is 23.7 Å². The lowest BCUT2D eigenvalue weighted by Crippen LogP contribution is -2.55. The number of hydrogen-bond acceptors (Lipinski definition) is 6. The van der Waals surface area contributed by atoms with Crippen molar-refractivity contribution in [3.05, 3.63) is 33.9 Å². The lowest BCUT2D eigenvalue weighted by atomic mass is 10.1. The summed E-state index contributed by atoms with van der Waals surface area (Å²) < 4.78 is 71.6. The van der Waals surface area contributed by atoms with Crippen LogP contribution in [-0.4, -0.2) is 74.4 Å². The maximum Gasteiger partial charge on any atom is 0.416 e. The Morgan fingerprint density at radius 3 is 2.11 bits per heavy atom. The summed E-state index contributed by atoms with van der Waals surface area (Å²) in [5.41, 5.74) is -1.71. The number of halogens is 3.